The van der Waals surface area contributed by atoms with Gasteiger partial charge >= 0.3 is 7.82 Å². The normalized spacial score (nSPS) is 12.0. The summed E-state index contributed by atoms with van der Waals surface area (Å²) in [4.78, 5) is 17.0. The van der Waals surface area contributed by atoms with Gasteiger partial charge in [0.05, 0.1) is 6.61 Å². The number of phosphoric ester groups is 1. The third-order valence-electron chi connectivity index (χ3n) is 3.58. The van der Waals surface area contributed by atoms with Gasteiger partial charge in [-0.2, -0.15) is 0 Å². The minimum atomic E-state index is -4.31. The van der Waals surface area contributed by atoms with Gasteiger partial charge in [0.15, 0.2) is 0 Å². The zero-order valence-corrected chi connectivity index (χ0v) is 15.1. The highest BCUT2D eigenvalue weighted by atomic mass is 31.2. The molecule has 0 saturated heterocycles. The number of hydrogen-bond acceptors (Lipinski definition) is 3. The van der Waals surface area contributed by atoms with Crippen molar-refractivity contribution in [2.75, 3.05) is 19.8 Å². The second-order valence-corrected chi connectivity index (χ2v) is 7.06. The van der Waals surface area contributed by atoms with E-state index in [9.17, 15) is 4.57 Å². The standard InChI is InChI=1S/C16H35O5P/c1-2-3-4-5-6-7-8-9-10-11-12-14-20-15-13-16-21-22(17,18)19/h2-16H2,1H3,(H2,17,18,19). The molecule has 6 heteroatoms. The highest BCUT2D eigenvalue weighted by Gasteiger charge is 2.12. The monoisotopic (exact) mass is 338 g/mol. The molecule has 0 fully saturated rings. The lowest BCUT2D eigenvalue weighted by Gasteiger charge is -2.06. The van der Waals surface area contributed by atoms with Crippen LogP contribution in [0.25, 0.3) is 0 Å². The predicted molar refractivity (Wildman–Crippen MR) is 89.9 cm³/mol. The Morgan fingerprint density at radius 1 is 0.682 bits per heavy atom. The molecule has 0 rings (SSSR count). The topological polar surface area (TPSA) is 76.0 Å². The third-order valence-corrected chi connectivity index (χ3v) is 4.10. The summed E-state index contributed by atoms with van der Waals surface area (Å²) in [5.74, 6) is 0. The highest BCUT2D eigenvalue weighted by molar-refractivity contribution is 7.46. The Labute approximate surface area is 136 Å². The molecule has 0 amide bonds. The maximum Gasteiger partial charge on any atom is 0.469 e. The molecule has 0 unspecified atom stereocenters. The van der Waals surface area contributed by atoms with Gasteiger partial charge in [-0.25, -0.2) is 4.57 Å². The number of unbranched alkanes of at least 4 members (excludes halogenated alkanes) is 10. The lowest BCUT2D eigenvalue weighted by Crippen LogP contribution is -2.01. The first-order chi connectivity index (χ1) is 10.6. The molecule has 0 aromatic heterocycles. The third kappa shape index (κ3) is 20.1. The van der Waals surface area contributed by atoms with Crippen LogP contribution < -0.4 is 0 Å². The van der Waals surface area contributed by atoms with E-state index in [1.54, 1.807) is 0 Å². The molecule has 0 aliphatic carbocycles. The molecule has 0 radical (unpaired) electrons. The van der Waals surface area contributed by atoms with Crippen LogP contribution >= 0.6 is 7.82 Å². The van der Waals surface area contributed by atoms with Crippen LogP contribution in [0.4, 0.5) is 0 Å². The van der Waals surface area contributed by atoms with Gasteiger partial charge < -0.3 is 14.5 Å². The van der Waals surface area contributed by atoms with Gasteiger partial charge in [0, 0.05) is 13.2 Å². The summed E-state index contributed by atoms with van der Waals surface area (Å²) in [5, 5.41) is 0. The van der Waals surface area contributed by atoms with E-state index >= 15 is 0 Å². The molecule has 0 aliphatic rings. The van der Waals surface area contributed by atoms with Gasteiger partial charge in [0.2, 0.25) is 0 Å². The molecule has 0 bridgehead atoms. The molecule has 0 saturated carbocycles. The predicted octanol–water partition coefficient (Wildman–Crippen LogP) is 4.81. The van der Waals surface area contributed by atoms with Crippen molar-refractivity contribution in [2.45, 2.75) is 84.0 Å². The Kier molecular flexibility index (Phi) is 16.0. The molecule has 0 atom stereocenters. The molecule has 2 N–H and O–H groups in total. The Bertz CT molecular complexity index is 267. The molecular formula is C16H35O5P. The molecule has 0 spiro atoms. The lowest BCUT2D eigenvalue weighted by atomic mass is 10.1. The molecular weight excluding hydrogens is 303 g/mol. The molecule has 5 nitrogen and oxygen atoms in total. The SMILES string of the molecule is CCCCCCCCCCCCCOCCCOP(=O)(O)O. The second kappa shape index (κ2) is 15.9. The maximum atomic E-state index is 10.4. The van der Waals surface area contributed by atoms with Crippen molar-refractivity contribution >= 4 is 7.82 Å². The van der Waals surface area contributed by atoms with Crippen LogP contribution in [-0.4, -0.2) is 29.6 Å². The fourth-order valence-electron chi connectivity index (χ4n) is 2.31. The van der Waals surface area contributed by atoms with Crippen LogP contribution in [0.2, 0.25) is 0 Å². The van der Waals surface area contributed by atoms with E-state index in [-0.39, 0.29) is 6.61 Å². The number of rotatable bonds is 17. The summed E-state index contributed by atoms with van der Waals surface area (Å²) in [6, 6.07) is 0. The van der Waals surface area contributed by atoms with Crippen molar-refractivity contribution in [2.24, 2.45) is 0 Å². The van der Waals surface area contributed by atoms with Gasteiger partial charge in [-0.3, -0.25) is 4.52 Å². The van der Waals surface area contributed by atoms with Crippen LogP contribution in [0.15, 0.2) is 0 Å². The molecule has 22 heavy (non-hydrogen) atoms. The van der Waals surface area contributed by atoms with E-state index < -0.39 is 7.82 Å². The molecule has 0 aromatic rings. The number of phosphoric acid groups is 1. The van der Waals surface area contributed by atoms with E-state index in [2.05, 4.69) is 11.4 Å². The first kappa shape index (κ1) is 22.1. The highest BCUT2D eigenvalue weighted by Crippen LogP contribution is 2.35. The van der Waals surface area contributed by atoms with E-state index in [4.69, 9.17) is 14.5 Å². The second-order valence-electron chi connectivity index (χ2n) is 5.83. The fraction of sp³-hybridized carbons (Fsp3) is 1.00. The van der Waals surface area contributed by atoms with Crippen LogP contribution in [0, 0.1) is 0 Å². The zero-order chi connectivity index (χ0) is 16.5. The Hall–Kier alpha value is 0.0700. The van der Waals surface area contributed by atoms with Gasteiger partial charge in [0.25, 0.3) is 0 Å². The van der Waals surface area contributed by atoms with Crippen molar-refractivity contribution in [1.82, 2.24) is 0 Å². The van der Waals surface area contributed by atoms with E-state index in [0.29, 0.717) is 13.0 Å². The molecule has 0 aliphatic heterocycles. The Morgan fingerprint density at radius 3 is 1.64 bits per heavy atom. The molecule has 0 aromatic carbocycles. The van der Waals surface area contributed by atoms with Gasteiger partial charge in [-0.05, 0) is 12.8 Å². The summed E-state index contributed by atoms with van der Waals surface area (Å²) in [5.41, 5.74) is 0. The van der Waals surface area contributed by atoms with Crippen molar-refractivity contribution in [3.8, 4) is 0 Å². The summed E-state index contributed by atoms with van der Waals surface area (Å²) < 4.78 is 20.1. The first-order valence-electron chi connectivity index (χ1n) is 8.84. The van der Waals surface area contributed by atoms with Gasteiger partial charge in [-0.1, -0.05) is 71.1 Å². The minimum absolute atomic E-state index is 0.0442. The molecule has 0 heterocycles. The van der Waals surface area contributed by atoms with Crippen molar-refractivity contribution in [3.05, 3.63) is 0 Å². The summed E-state index contributed by atoms with van der Waals surface area (Å²) in [7, 11) is -4.31. The first-order valence-corrected chi connectivity index (χ1v) is 10.4. The largest absolute Gasteiger partial charge is 0.469 e. The Morgan fingerprint density at radius 2 is 1.14 bits per heavy atom. The molecule has 134 valence electrons. The number of hydrogen-bond donors (Lipinski definition) is 2. The Balaban J connectivity index is 3.01. The quantitative estimate of drug-likeness (QED) is 0.294. The van der Waals surface area contributed by atoms with E-state index in [1.807, 2.05) is 0 Å². The fourth-order valence-corrected chi connectivity index (χ4v) is 2.68. The van der Waals surface area contributed by atoms with Gasteiger partial charge in [-0.15, -0.1) is 0 Å². The van der Waals surface area contributed by atoms with Crippen LogP contribution in [0.5, 0.6) is 0 Å². The maximum absolute atomic E-state index is 10.4. The van der Waals surface area contributed by atoms with E-state index in [0.717, 1.165) is 13.0 Å². The summed E-state index contributed by atoms with van der Waals surface area (Å²) in [6.45, 7) is 3.52. The average Bonchev–Trinajstić information content (AvgIpc) is 2.45. The summed E-state index contributed by atoms with van der Waals surface area (Å²) in [6.07, 6.45) is 15.0. The minimum Gasteiger partial charge on any atom is -0.381 e. The van der Waals surface area contributed by atoms with Crippen LogP contribution in [0.1, 0.15) is 84.0 Å². The lowest BCUT2D eigenvalue weighted by molar-refractivity contribution is 0.108. The van der Waals surface area contributed by atoms with Crippen molar-refractivity contribution < 1.29 is 23.6 Å². The average molecular weight is 338 g/mol. The smallest absolute Gasteiger partial charge is 0.381 e. The van der Waals surface area contributed by atoms with Crippen LogP contribution in [-0.2, 0) is 13.8 Å². The van der Waals surface area contributed by atoms with Gasteiger partial charge in [0.1, 0.15) is 0 Å². The summed E-state index contributed by atoms with van der Waals surface area (Å²) >= 11 is 0. The van der Waals surface area contributed by atoms with E-state index in [1.165, 1.54) is 64.2 Å². The number of ether oxygens (including phenoxy) is 1. The zero-order valence-electron chi connectivity index (χ0n) is 14.2. The van der Waals surface area contributed by atoms with Crippen LogP contribution in [0.3, 0.4) is 0 Å². The van der Waals surface area contributed by atoms with Crippen molar-refractivity contribution in [1.29, 1.82) is 0 Å². The van der Waals surface area contributed by atoms with Crippen molar-refractivity contribution in [3.63, 3.8) is 0 Å².